The third kappa shape index (κ3) is 4.59. The molecule has 0 unspecified atom stereocenters. The van der Waals surface area contributed by atoms with Crippen LogP contribution >= 0.6 is 0 Å². The molecule has 1 N–H and O–H groups in total. The van der Waals surface area contributed by atoms with Crippen LogP contribution in [-0.2, 0) is 4.74 Å². The van der Waals surface area contributed by atoms with Crippen LogP contribution in [0.2, 0.25) is 0 Å². The Hall–Kier alpha value is -1.49. The molecule has 0 atom stereocenters. The third-order valence-electron chi connectivity index (χ3n) is 3.28. The Labute approximate surface area is 112 Å². The standard InChI is InChI=1S/C14H19FN2O2/c15-13-7-6-11(10-17-13)14(18)16-8-9-19-12-4-2-1-3-5-12/h6-7,10,12H,1-5,8-9H2,(H,16,18). The molecule has 1 aromatic heterocycles. The molecule has 0 radical (unpaired) electrons. The van der Waals surface area contributed by atoms with Gasteiger partial charge in [0.2, 0.25) is 5.95 Å². The van der Waals surface area contributed by atoms with E-state index in [1.54, 1.807) is 0 Å². The maximum atomic E-state index is 12.6. The molecule has 1 amide bonds. The highest BCUT2D eigenvalue weighted by Gasteiger charge is 2.13. The smallest absolute Gasteiger partial charge is 0.252 e. The molecule has 19 heavy (non-hydrogen) atoms. The Morgan fingerprint density at radius 1 is 1.37 bits per heavy atom. The van der Waals surface area contributed by atoms with E-state index in [-0.39, 0.29) is 5.91 Å². The van der Waals surface area contributed by atoms with Crippen molar-refractivity contribution in [1.82, 2.24) is 10.3 Å². The average Bonchev–Trinajstić information content (AvgIpc) is 2.45. The van der Waals surface area contributed by atoms with Gasteiger partial charge < -0.3 is 10.1 Å². The van der Waals surface area contributed by atoms with Crippen LogP contribution in [0.5, 0.6) is 0 Å². The Morgan fingerprint density at radius 2 is 2.16 bits per heavy atom. The van der Waals surface area contributed by atoms with E-state index in [0.29, 0.717) is 24.8 Å². The summed E-state index contributed by atoms with van der Waals surface area (Å²) >= 11 is 0. The molecule has 0 saturated heterocycles. The van der Waals surface area contributed by atoms with Crippen molar-refractivity contribution < 1.29 is 13.9 Å². The van der Waals surface area contributed by atoms with E-state index in [9.17, 15) is 9.18 Å². The minimum absolute atomic E-state index is 0.250. The lowest BCUT2D eigenvalue weighted by Gasteiger charge is -2.21. The van der Waals surface area contributed by atoms with Gasteiger partial charge in [-0.15, -0.1) is 0 Å². The molecular formula is C14H19FN2O2. The average molecular weight is 266 g/mol. The summed E-state index contributed by atoms with van der Waals surface area (Å²) < 4.78 is 18.3. The fourth-order valence-electron chi connectivity index (χ4n) is 2.23. The van der Waals surface area contributed by atoms with Crippen LogP contribution in [0.15, 0.2) is 18.3 Å². The quantitative estimate of drug-likeness (QED) is 0.657. The van der Waals surface area contributed by atoms with E-state index in [2.05, 4.69) is 10.3 Å². The molecule has 5 heteroatoms. The number of hydrogen-bond acceptors (Lipinski definition) is 3. The minimum atomic E-state index is -0.586. The largest absolute Gasteiger partial charge is 0.376 e. The highest BCUT2D eigenvalue weighted by Crippen LogP contribution is 2.19. The zero-order chi connectivity index (χ0) is 13.5. The number of aromatic nitrogens is 1. The molecule has 104 valence electrons. The summed E-state index contributed by atoms with van der Waals surface area (Å²) in [6.07, 6.45) is 7.58. The van der Waals surface area contributed by atoms with E-state index in [1.807, 2.05) is 0 Å². The Balaban J connectivity index is 1.64. The SMILES string of the molecule is O=C(NCCOC1CCCCC1)c1ccc(F)nc1. The number of amides is 1. The second kappa shape index (κ2) is 7.19. The van der Waals surface area contributed by atoms with Gasteiger partial charge in [0, 0.05) is 12.7 Å². The van der Waals surface area contributed by atoms with Crippen molar-refractivity contribution in [2.75, 3.05) is 13.2 Å². The van der Waals surface area contributed by atoms with Crippen molar-refractivity contribution in [1.29, 1.82) is 0 Å². The molecule has 4 nitrogen and oxygen atoms in total. The maximum Gasteiger partial charge on any atom is 0.252 e. The molecule has 0 aliphatic heterocycles. The summed E-state index contributed by atoms with van der Waals surface area (Å²) in [4.78, 5) is 15.1. The van der Waals surface area contributed by atoms with Crippen molar-refractivity contribution >= 4 is 5.91 Å². The first-order valence-electron chi connectivity index (χ1n) is 6.77. The van der Waals surface area contributed by atoms with Gasteiger partial charge in [-0.3, -0.25) is 4.79 Å². The first-order valence-corrected chi connectivity index (χ1v) is 6.77. The van der Waals surface area contributed by atoms with Crippen LogP contribution in [0.4, 0.5) is 4.39 Å². The van der Waals surface area contributed by atoms with Crippen molar-refractivity contribution in [2.24, 2.45) is 0 Å². The van der Waals surface area contributed by atoms with Gasteiger partial charge in [-0.1, -0.05) is 19.3 Å². The lowest BCUT2D eigenvalue weighted by Crippen LogP contribution is -2.29. The number of ether oxygens (including phenoxy) is 1. The van der Waals surface area contributed by atoms with E-state index in [4.69, 9.17) is 4.74 Å². The second-order valence-electron chi connectivity index (χ2n) is 4.76. The molecule has 1 aliphatic carbocycles. The van der Waals surface area contributed by atoms with E-state index in [0.717, 1.165) is 12.8 Å². The van der Waals surface area contributed by atoms with Gasteiger partial charge in [-0.25, -0.2) is 4.98 Å². The molecular weight excluding hydrogens is 247 g/mol. The maximum absolute atomic E-state index is 12.6. The Kier molecular flexibility index (Phi) is 5.27. The first-order chi connectivity index (χ1) is 9.25. The minimum Gasteiger partial charge on any atom is -0.376 e. The van der Waals surface area contributed by atoms with Crippen molar-refractivity contribution in [3.8, 4) is 0 Å². The number of carbonyl (C=O) groups excluding carboxylic acids is 1. The van der Waals surface area contributed by atoms with Gasteiger partial charge in [0.25, 0.3) is 5.91 Å². The van der Waals surface area contributed by atoms with E-state index in [1.165, 1.54) is 37.6 Å². The predicted octanol–water partition coefficient (Wildman–Crippen LogP) is 2.30. The monoisotopic (exact) mass is 266 g/mol. The van der Waals surface area contributed by atoms with Crippen molar-refractivity contribution in [3.63, 3.8) is 0 Å². The summed E-state index contributed by atoms with van der Waals surface area (Å²) in [6, 6.07) is 2.59. The summed E-state index contributed by atoms with van der Waals surface area (Å²) in [5.74, 6) is -0.836. The number of halogens is 1. The number of rotatable bonds is 5. The van der Waals surface area contributed by atoms with Gasteiger partial charge in [-0.2, -0.15) is 4.39 Å². The molecule has 1 saturated carbocycles. The number of nitrogens with zero attached hydrogens (tertiary/aromatic N) is 1. The second-order valence-corrected chi connectivity index (χ2v) is 4.76. The van der Waals surface area contributed by atoms with Crippen LogP contribution in [0.1, 0.15) is 42.5 Å². The van der Waals surface area contributed by atoms with Crippen LogP contribution < -0.4 is 5.32 Å². The van der Waals surface area contributed by atoms with Gasteiger partial charge in [0.15, 0.2) is 0 Å². The summed E-state index contributed by atoms with van der Waals surface area (Å²) in [6.45, 7) is 0.984. The highest BCUT2D eigenvalue weighted by atomic mass is 19.1. The van der Waals surface area contributed by atoms with Gasteiger partial charge >= 0.3 is 0 Å². The lowest BCUT2D eigenvalue weighted by molar-refractivity contribution is 0.0299. The highest BCUT2D eigenvalue weighted by molar-refractivity contribution is 5.93. The Morgan fingerprint density at radius 3 is 2.84 bits per heavy atom. The van der Waals surface area contributed by atoms with Crippen LogP contribution in [0, 0.1) is 5.95 Å². The number of carbonyl (C=O) groups is 1. The summed E-state index contributed by atoms with van der Waals surface area (Å²) in [5, 5.41) is 2.73. The molecule has 2 rings (SSSR count). The third-order valence-corrected chi connectivity index (χ3v) is 3.28. The van der Waals surface area contributed by atoms with Crippen molar-refractivity contribution in [3.05, 3.63) is 29.8 Å². The zero-order valence-electron chi connectivity index (χ0n) is 10.9. The topological polar surface area (TPSA) is 51.2 Å². The molecule has 1 fully saturated rings. The van der Waals surface area contributed by atoms with Gasteiger partial charge in [0.1, 0.15) is 0 Å². The van der Waals surface area contributed by atoms with Gasteiger partial charge in [0.05, 0.1) is 18.3 Å². The zero-order valence-corrected chi connectivity index (χ0v) is 10.9. The number of nitrogens with one attached hydrogen (secondary N) is 1. The summed E-state index contributed by atoms with van der Waals surface area (Å²) in [7, 11) is 0. The van der Waals surface area contributed by atoms with Crippen molar-refractivity contribution in [2.45, 2.75) is 38.2 Å². The normalized spacial score (nSPS) is 16.3. The first kappa shape index (κ1) is 13.9. The number of pyridine rings is 1. The molecule has 1 heterocycles. The fraction of sp³-hybridized carbons (Fsp3) is 0.571. The molecule has 0 bridgehead atoms. The van der Waals surface area contributed by atoms with Crippen LogP contribution in [0.3, 0.4) is 0 Å². The summed E-state index contributed by atoms with van der Waals surface area (Å²) in [5.41, 5.74) is 0.360. The van der Waals surface area contributed by atoms with E-state index < -0.39 is 5.95 Å². The van der Waals surface area contributed by atoms with E-state index >= 15 is 0 Å². The predicted molar refractivity (Wildman–Crippen MR) is 69.4 cm³/mol. The molecule has 0 spiro atoms. The molecule has 1 aliphatic rings. The van der Waals surface area contributed by atoms with Crippen LogP contribution in [-0.4, -0.2) is 30.1 Å². The van der Waals surface area contributed by atoms with Gasteiger partial charge in [-0.05, 0) is 25.0 Å². The molecule has 0 aromatic carbocycles. The molecule has 1 aromatic rings. The Bertz CT molecular complexity index is 402. The van der Waals surface area contributed by atoms with Crippen LogP contribution in [0.25, 0.3) is 0 Å². The lowest BCUT2D eigenvalue weighted by atomic mass is 9.98. The number of hydrogen-bond donors (Lipinski definition) is 1. The fourth-order valence-corrected chi connectivity index (χ4v) is 2.23.